The van der Waals surface area contributed by atoms with E-state index in [9.17, 15) is 9.90 Å². The van der Waals surface area contributed by atoms with Crippen LogP contribution in [-0.4, -0.2) is 16.0 Å². The number of hydrogen-bond donors (Lipinski definition) is 1. The van der Waals surface area contributed by atoms with Gasteiger partial charge in [0.25, 0.3) is 5.91 Å². The predicted molar refractivity (Wildman–Crippen MR) is 67.2 cm³/mol. The summed E-state index contributed by atoms with van der Waals surface area (Å²) >= 11 is 0. The summed E-state index contributed by atoms with van der Waals surface area (Å²) in [6.07, 6.45) is 0.660. The lowest BCUT2D eigenvalue weighted by molar-refractivity contribution is 0.0933. The highest BCUT2D eigenvalue weighted by atomic mass is 16.3. The van der Waals surface area contributed by atoms with E-state index in [2.05, 4.69) is 4.98 Å². The zero-order valence-corrected chi connectivity index (χ0v) is 9.87. The van der Waals surface area contributed by atoms with Crippen LogP contribution in [0.25, 0.3) is 0 Å². The number of rotatable bonds is 1. The van der Waals surface area contributed by atoms with Crippen LogP contribution in [-0.2, 0) is 0 Å². The average Bonchev–Trinajstić information content (AvgIpc) is 2.64. The van der Waals surface area contributed by atoms with Crippen LogP contribution in [0.3, 0.4) is 0 Å². The molecule has 90 valence electrons. The molecule has 4 nitrogen and oxygen atoms in total. The van der Waals surface area contributed by atoms with E-state index in [1.165, 1.54) is 4.90 Å². The fourth-order valence-corrected chi connectivity index (χ4v) is 2.24. The third kappa shape index (κ3) is 1.43. The quantitative estimate of drug-likeness (QED) is 0.829. The van der Waals surface area contributed by atoms with Crippen LogP contribution < -0.4 is 4.90 Å². The molecule has 0 aliphatic carbocycles. The van der Waals surface area contributed by atoms with Gasteiger partial charge in [-0.2, -0.15) is 0 Å². The Morgan fingerprint density at radius 2 is 2.00 bits per heavy atom. The summed E-state index contributed by atoms with van der Waals surface area (Å²) in [5.41, 5.74) is 2.03. The zero-order valence-electron chi connectivity index (χ0n) is 9.87. The highest BCUT2D eigenvalue weighted by Gasteiger charge is 2.37. The van der Waals surface area contributed by atoms with E-state index in [0.29, 0.717) is 16.9 Å². The van der Waals surface area contributed by atoms with Crippen molar-refractivity contribution in [1.82, 2.24) is 4.98 Å². The second kappa shape index (κ2) is 3.92. The minimum atomic E-state index is -0.956. The Hall–Kier alpha value is -2.20. The normalized spacial score (nSPS) is 18.0. The van der Waals surface area contributed by atoms with E-state index < -0.39 is 6.23 Å². The summed E-state index contributed by atoms with van der Waals surface area (Å²) in [7, 11) is 0. The molecule has 1 N–H and O–H groups in total. The van der Waals surface area contributed by atoms with Crippen molar-refractivity contribution in [2.75, 3.05) is 4.90 Å². The Morgan fingerprint density at radius 1 is 1.22 bits per heavy atom. The van der Waals surface area contributed by atoms with Gasteiger partial charge in [-0.25, -0.2) is 4.98 Å². The van der Waals surface area contributed by atoms with E-state index in [-0.39, 0.29) is 5.91 Å². The maximum Gasteiger partial charge on any atom is 0.262 e. The number of aliphatic hydroxyl groups excluding tert-OH is 1. The SMILES string of the molecule is Cc1cccnc1N1C(=O)c2ccccc2C1O. The molecule has 1 aromatic heterocycles. The summed E-state index contributed by atoms with van der Waals surface area (Å²) in [6.45, 7) is 1.87. The molecule has 0 saturated carbocycles. The van der Waals surface area contributed by atoms with Crippen molar-refractivity contribution >= 4 is 11.7 Å². The third-order valence-electron chi connectivity index (χ3n) is 3.14. The van der Waals surface area contributed by atoms with Crippen molar-refractivity contribution in [2.45, 2.75) is 13.2 Å². The van der Waals surface area contributed by atoms with Crippen molar-refractivity contribution in [3.63, 3.8) is 0 Å². The van der Waals surface area contributed by atoms with Gasteiger partial charge in [0.2, 0.25) is 0 Å². The Labute approximate surface area is 105 Å². The molecule has 0 radical (unpaired) electrons. The number of benzene rings is 1. The summed E-state index contributed by atoms with van der Waals surface area (Å²) in [4.78, 5) is 17.8. The van der Waals surface area contributed by atoms with E-state index in [4.69, 9.17) is 0 Å². The Morgan fingerprint density at radius 3 is 2.72 bits per heavy atom. The molecular formula is C14H12N2O2. The summed E-state index contributed by atoms with van der Waals surface area (Å²) in [5, 5.41) is 10.3. The first-order valence-corrected chi connectivity index (χ1v) is 5.72. The van der Waals surface area contributed by atoms with Crippen LogP contribution in [0.2, 0.25) is 0 Å². The first-order chi connectivity index (χ1) is 8.70. The molecule has 3 rings (SSSR count). The van der Waals surface area contributed by atoms with Crippen LogP contribution >= 0.6 is 0 Å². The first-order valence-electron chi connectivity index (χ1n) is 5.72. The molecule has 0 spiro atoms. The number of aryl methyl sites for hydroxylation is 1. The fraction of sp³-hybridized carbons (Fsp3) is 0.143. The highest BCUT2D eigenvalue weighted by Crippen LogP contribution is 2.35. The van der Waals surface area contributed by atoms with Gasteiger partial charge >= 0.3 is 0 Å². The number of amides is 1. The molecule has 1 amide bonds. The molecule has 1 atom stereocenters. The van der Waals surface area contributed by atoms with E-state index in [0.717, 1.165) is 5.56 Å². The minimum absolute atomic E-state index is 0.208. The van der Waals surface area contributed by atoms with Gasteiger partial charge in [-0.3, -0.25) is 9.69 Å². The molecular weight excluding hydrogens is 228 g/mol. The number of hydrogen-bond acceptors (Lipinski definition) is 3. The Balaban J connectivity index is 2.13. The number of carbonyl (C=O) groups excluding carboxylic acids is 1. The summed E-state index contributed by atoms with van der Waals surface area (Å²) in [5.74, 6) is 0.297. The number of anilines is 1. The van der Waals surface area contributed by atoms with Crippen LogP contribution in [0.4, 0.5) is 5.82 Å². The molecule has 4 heteroatoms. The number of pyridine rings is 1. The molecule has 1 aliphatic heterocycles. The topological polar surface area (TPSA) is 53.4 Å². The van der Waals surface area contributed by atoms with Crippen LogP contribution in [0.15, 0.2) is 42.6 Å². The average molecular weight is 240 g/mol. The van der Waals surface area contributed by atoms with Crippen LogP contribution in [0.1, 0.15) is 27.7 Å². The third-order valence-corrected chi connectivity index (χ3v) is 3.14. The molecule has 2 aromatic rings. The van der Waals surface area contributed by atoms with Gasteiger partial charge in [0.05, 0.1) is 0 Å². The minimum Gasteiger partial charge on any atom is -0.369 e. The second-order valence-corrected chi connectivity index (χ2v) is 4.28. The molecule has 18 heavy (non-hydrogen) atoms. The van der Waals surface area contributed by atoms with Crippen molar-refractivity contribution in [2.24, 2.45) is 0 Å². The highest BCUT2D eigenvalue weighted by molar-refractivity contribution is 6.10. The lowest BCUT2D eigenvalue weighted by Crippen LogP contribution is -2.29. The first kappa shape index (κ1) is 10.9. The standard InChI is InChI=1S/C14H12N2O2/c1-9-5-4-8-15-12(9)16-13(17)10-6-2-3-7-11(10)14(16)18/h2-8,13,17H,1H3. The summed E-state index contributed by atoms with van der Waals surface area (Å²) < 4.78 is 0. The van der Waals surface area contributed by atoms with Gasteiger partial charge in [0.1, 0.15) is 5.82 Å². The van der Waals surface area contributed by atoms with Crippen molar-refractivity contribution < 1.29 is 9.90 Å². The Bertz CT molecular complexity index is 625. The molecule has 2 heterocycles. The molecule has 0 saturated heterocycles. The molecule has 0 fully saturated rings. The van der Waals surface area contributed by atoms with Crippen molar-refractivity contribution in [1.29, 1.82) is 0 Å². The maximum atomic E-state index is 12.3. The molecule has 1 unspecified atom stereocenters. The van der Waals surface area contributed by atoms with Gasteiger partial charge < -0.3 is 5.11 Å². The fourth-order valence-electron chi connectivity index (χ4n) is 2.24. The number of fused-ring (bicyclic) bond motifs is 1. The smallest absolute Gasteiger partial charge is 0.262 e. The van der Waals surface area contributed by atoms with Crippen LogP contribution in [0, 0.1) is 6.92 Å². The lowest BCUT2D eigenvalue weighted by atomic mass is 10.1. The molecule has 1 aromatic carbocycles. The second-order valence-electron chi connectivity index (χ2n) is 4.28. The monoisotopic (exact) mass is 240 g/mol. The predicted octanol–water partition coefficient (Wildman–Crippen LogP) is 2.04. The Kier molecular flexibility index (Phi) is 2.38. The molecule has 1 aliphatic rings. The van der Waals surface area contributed by atoms with E-state index >= 15 is 0 Å². The number of carbonyl (C=O) groups is 1. The maximum absolute atomic E-state index is 12.3. The lowest BCUT2D eigenvalue weighted by Gasteiger charge is -2.21. The number of aliphatic hydroxyl groups is 1. The van der Waals surface area contributed by atoms with Gasteiger partial charge in [-0.15, -0.1) is 0 Å². The summed E-state index contributed by atoms with van der Waals surface area (Å²) in [6, 6.07) is 10.8. The number of nitrogens with zero attached hydrogens (tertiary/aromatic N) is 2. The largest absolute Gasteiger partial charge is 0.369 e. The van der Waals surface area contributed by atoms with Crippen LogP contribution in [0.5, 0.6) is 0 Å². The van der Waals surface area contributed by atoms with Gasteiger partial charge in [0, 0.05) is 17.3 Å². The van der Waals surface area contributed by atoms with Gasteiger partial charge in [-0.1, -0.05) is 24.3 Å². The van der Waals surface area contributed by atoms with Gasteiger partial charge in [-0.05, 0) is 24.6 Å². The van der Waals surface area contributed by atoms with E-state index in [1.54, 1.807) is 30.5 Å². The zero-order chi connectivity index (χ0) is 12.7. The van der Waals surface area contributed by atoms with E-state index in [1.807, 2.05) is 19.1 Å². The van der Waals surface area contributed by atoms with Gasteiger partial charge in [0.15, 0.2) is 6.23 Å². The van der Waals surface area contributed by atoms with Crippen molar-refractivity contribution in [3.8, 4) is 0 Å². The van der Waals surface area contributed by atoms with Crippen molar-refractivity contribution in [3.05, 3.63) is 59.3 Å². The molecule has 0 bridgehead atoms. The number of aromatic nitrogens is 1.